The molecule has 0 radical (unpaired) electrons. The maximum atomic E-state index is 12.5. The molecule has 128 valence electrons. The van der Waals surface area contributed by atoms with Gasteiger partial charge in [0.15, 0.2) is 0 Å². The first-order chi connectivity index (χ1) is 11.1. The lowest BCUT2D eigenvalue weighted by molar-refractivity contribution is -0.132. The van der Waals surface area contributed by atoms with Crippen molar-refractivity contribution < 1.29 is 9.53 Å². The molecule has 0 spiro atoms. The van der Waals surface area contributed by atoms with Crippen molar-refractivity contribution >= 4 is 5.91 Å². The van der Waals surface area contributed by atoms with E-state index in [9.17, 15) is 4.79 Å². The van der Waals surface area contributed by atoms with Crippen LogP contribution in [0.3, 0.4) is 0 Å². The van der Waals surface area contributed by atoms with Gasteiger partial charge in [-0.05, 0) is 30.0 Å². The van der Waals surface area contributed by atoms with Crippen LogP contribution in [-0.4, -0.2) is 60.1 Å². The number of amides is 1. The normalized spacial score (nSPS) is 15.8. The number of hydrogen-bond donors (Lipinski definition) is 0. The topological polar surface area (TPSA) is 45.7 Å². The molecular formula is C18H29N3O2. The minimum absolute atomic E-state index is 0.249. The maximum Gasteiger partial charge on any atom is 0.223 e. The van der Waals surface area contributed by atoms with Crippen molar-refractivity contribution in [1.29, 1.82) is 0 Å². The van der Waals surface area contributed by atoms with Gasteiger partial charge in [-0.2, -0.15) is 0 Å². The third-order valence-corrected chi connectivity index (χ3v) is 4.06. The predicted molar refractivity (Wildman–Crippen MR) is 91.0 cm³/mol. The molecule has 0 N–H and O–H groups in total. The van der Waals surface area contributed by atoms with Crippen molar-refractivity contribution in [2.45, 2.75) is 33.2 Å². The lowest BCUT2D eigenvalue weighted by atomic mass is 10.1. The van der Waals surface area contributed by atoms with E-state index in [1.807, 2.05) is 17.0 Å². The molecule has 2 heterocycles. The Morgan fingerprint density at radius 3 is 2.65 bits per heavy atom. The minimum Gasteiger partial charge on any atom is -0.379 e. The van der Waals surface area contributed by atoms with E-state index in [2.05, 4.69) is 23.7 Å². The molecule has 1 aromatic rings. The van der Waals surface area contributed by atoms with Crippen molar-refractivity contribution in [2.75, 3.05) is 39.4 Å². The molecule has 1 saturated heterocycles. The van der Waals surface area contributed by atoms with Crippen LogP contribution in [0.25, 0.3) is 0 Å². The van der Waals surface area contributed by atoms with E-state index < -0.39 is 0 Å². The monoisotopic (exact) mass is 319 g/mol. The first-order valence-electron chi connectivity index (χ1n) is 8.62. The highest BCUT2D eigenvalue weighted by Crippen LogP contribution is 2.10. The molecule has 5 heteroatoms. The smallest absolute Gasteiger partial charge is 0.223 e. The third kappa shape index (κ3) is 6.67. The zero-order valence-electron chi connectivity index (χ0n) is 14.4. The summed E-state index contributed by atoms with van der Waals surface area (Å²) in [5.41, 5.74) is 1.14. The highest BCUT2D eigenvalue weighted by molar-refractivity contribution is 5.76. The number of nitrogens with zero attached hydrogens (tertiary/aromatic N) is 3. The van der Waals surface area contributed by atoms with Gasteiger partial charge in [0.2, 0.25) is 5.91 Å². The third-order valence-electron chi connectivity index (χ3n) is 4.06. The molecule has 1 amide bonds. The van der Waals surface area contributed by atoms with E-state index in [1.54, 1.807) is 12.4 Å². The quantitative estimate of drug-likeness (QED) is 0.737. The van der Waals surface area contributed by atoms with Crippen molar-refractivity contribution in [3.63, 3.8) is 0 Å². The first kappa shape index (κ1) is 17.9. The fourth-order valence-electron chi connectivity index (χ4n) is 2.79. The van der Waals surface area contributed by atoms with Gasteiger partial charge in [-0.25, -0.2) is 0 Å². The van der Waals surface area contributed by atoms with Crippen molar-refractivity contribution in [1.82, 2.24) is 14.8 Å². The number of hydrogen-bond acceptors (Lipinski definition) is 4. The molecule has 1 aliphatic rings. The van der Waals surface area contributed by atoms with Crippen LogP contribution < -0.4 is 0 Å². The Morgan fingerprint density at radius 1 is 1.30 bits per heavy atom. The summed E-state index contributed by atoms with van der Waals surface area (Å²) in [4.78, 5) is 21.0. The first-order valence-corrected chi connectivity index (χ1v) is 8.62. The standard InChI is InChI=1S/C18H29N3O2/c1-16(2)14-18(22)21(15-17-4-6-19-7-5-17)9-3-8-20-10-12-23-13-11-20/h4-7,16H,3,8-15H2,1-2H3. The van der Waals surface area contributed by atoms with Gasteiger partial charge in [-0.3, -0.25) is 14.7 Å². The Bertz CT molecular complexity index is 459. The largest absolute Gasteiger partial charge is 0.379 e. The number of rotatable bonds is 8. The van der Waals surface area contributed by atoms with Gasteiger partial charge in [-0.1, -0.05) is 13.8 Å². The zero-order valence-corrected chi connectivity index (χ0v) is 14.4. The van der Waals surface area contributed by atoms with Crippen LogP contribution in [0.15, 0.2) is 24.5 Å². The number of morpholine rings is 1. The number of carbonyl (C=O) groups is 1. The second-order valence-electron chi connectivity index (χ2n) is 6.58. The van der Waals surface area contributed by atoms with E-state index in [4.69, 9.17) is 4.74 Å². The van der Waals surface area contributed by atoms with Gasteiger partial charge in [-0.15, -0.1) is 0 Å². The van der Waals surface area contributed by atoms with Crippen molar-refractivity contribution in [3.05, 3.63) is 30.1 Å². The molecule has 23 heavy (non-hydrogen) atoms. The Morgan fingerprint density at radius 2 is 2.00 bits per heavy atom. The Balaban J connectivity index is 1.85. The van der Waals surface area contributed by atoms with E-state index in [0.717, 1.165) is 51.4 Å². The fourth-order valence-corrected chi connectivity index (χ4v) is 2.79. The number of pyridine rings is 1. The average molecular weight is 319 g/mol. The molecule has 0 atom stereocenters. The summed E-state index contributed by atoms with van der Waals surface area (Å²) in [5, 5.41) is 0. The van der Waals surface area contributed by atoms with Crippen LogP contribution >= 0.6 is 0 Å². The summed E-state index contributed by atoms with van der Waals surface area (Å²) in [6, 6.07) is 3.97. The average Bonchev–Trinajstić information content (AvgIpc) is 2.55. The van der Waals surface area contributed by atoms with Crippen LogP contribution in [0.4, 0.5) is 0 Å². The van der Waals surface area contributed by atoms with E-state index in [0.29, 0.717) is 18.9 Å². The number of ether oxygens (including phenoxy) is 1. The summed E-state index contributed by atoms with van der Waals surface area (Å²) in [6.07, 6.45) is 5.19. The van der Waals surface area contributed by atoms with Crippen LogP contribution in [0.1, 0.15) is 32.3 Å². The molecule has 0 aliphatic carbocycles. The summed E-state index contributed by atoms with van der Waals surface area (Å²) >= 11 is 0. The van der Waals surface area contributed by atoms with Crippen LogP contribution in [0, 0.1) is 5.92 Å². The number of carbonyl (C=O) groups excluding carboxylic acids is 1. The zero-order chi connectivity index (χ0) is 16.5. The van der Waals surface area contributed by atoms with Crippen molar-refractivity contribution in [2.24, 2.45) is 5.92 Å². The van der Waals surface area contributed by atoms with Crippen molar-refractivity contribution in [3.8, 4) is 0 Å². The summed E-state index contributed by atoms with van der Waals surface area (Å²) in [5.74, 6) is 0.639. The Hall–Kier alpha value is -1.46. The molecule has 1 aromatic heterocycles. The van der Waals surface area contributed by atoms with Gasteiger partial charge in [0.1, 0.15) is 0 Å². The molecule has 2 rings (SSSR count). The Kier molecular flexibility index (Phi) is 7.49. The highest BCUT2D eigenvalue weighted by Gasteiger charge is 2.16. The molecule has 1 fully saturated rings. The van der Waals surface area contributed by atoms with Crippen LogP contribution in [-0.2, 0) is 16.1 Å². The molecular weight excluding hydrogens is 290 g/mol. The van der Waals surface area contributed by atoms with E-state index in [1.165, 1.54) is 0 Å². The molecule has 0 saturated carbocycles. The van der Waals surface area contributed by atoms with Crippen LogP contribution in [0.5, 0.6) is 0 Å². The fraction of sp³-hybridized carbons (Fsp3) is 0.667. The second-order valence-corrected chi connectivity index (χ2v) is 6.58. The SMILES string of the molecule is CC(C)CC(=O)N(CCCN1CCOCC1)Cc1ccncc1. The summed E-state index contributed by atoms with van der Waals surface area (Å²) in [7, 11) is 0. The lowest BCUT2D eigenvalue weighted by Gasteiger charge is -2.28. The van der Waals surface area contributed by atoms with Crippen LogP contribution in [0.2, 0.25) is 0 Å². The minimum atomic E-state index is 0.249. The molecule has 0 unspecified atom stereocenters. The lowest BCUT2D eigenvalue weighted by Crippen LogP contribution is -2.39. The van der Waals surface area contributed by atoms with Gasteiger partial charge in [0.05, 0.1) is 13.2 Å². The van der Waals surface area contributed by atoms with E-state index in [-0.39, 0.29) is 5.91 Å². The maximum absolute atomic E-state index is 12.5. The number of aromatic nitrogens is 1. The Labute approximate surface area is 139 Å². The van der Waals surface area contributed by atoms with Gasteiger partial charge < -0.3 is 9.64 Å². The summed E-state index contributed by atoms with van der Waals surface area (Å²) < 4.78 is 5.38. The van der Waals surface area contributed by atoms with Gasteiger partial charge >= 0.3 is 0 Å². The summed E-state index contributed by atoms with van der Waals surface area (Å²) in [6.45, 7) is 10.4. The van der Waals surface area contributed by atoms with Gasteiger partial charge in [0, 0.05) is 51.5 Å². The highest BCUT2D eigenvalue weighted by atomic mass is 16.5. The second kappa shape index (κ2) is 9.63. The van der Waals surface area contributed by atoms with Gasteiger partial charge in [0.25, 0.3) is 0 Å². The molecule has 1 aliphatic heterocycles. The predicted octanol–water partition coefficient (Wildman–Crippen LogP) is 2.18. The molecule has 0 aromatic carbocycles. The molecule has 5 nitrogen and oxygen atoms in total. The molecule has 0 bridgehead atoms. The van der Waals surface area contributed by atoms with E-state index >= 15 is 0 Å².